The first kappa shape index (κ1) is 12.5. The lowest BCUT2D eigenvalue weighted by Crippen LogP contribution is -2.38. The number of aliphatic hydroxyl groups excluding tert-OH is 1. The van der Waals surface area contributed by atoms with Crippen LogP contribution >= 0.6 is 0 Å². The van der Waals surface area contributed by atoms with E-state index < -0.39 is 0 Å². The molecule has 0 aliphatic heterocycles. The summed E-state index contributed by atoms with van der Waals surface area (Å²) in [6.07, 6.45) is 0. The van der Waals surface area contributed by atoms with Crippen LogP contribution in [0.15, 0.2) is 24.3 Å². The maximum absolute atomic E-state index is 11.8. The molecular formula is C12H18N2O2. The number of rotatable bonds is 4. The van der Waals surface area contributed by atoms with Crippen LogP contribution in [0.2, 0.25) is 0 Å². The molecule has 4 N–H and O–H groups in total. The molecule has 0 heterocycles. The van der Waals surface area contributed by atoms with Crippen molar-refractivity contribution in [3.8, 4) is 0 Å². The van der Waals surface area contributed by atoms with Gasteiger partial charge < -0.3 is 16.2 Å². The summed E-state index contributed by atoms with van der Waals surface area (Å²) < 4.78 is 0. The summed E-state index contributed by atoms with van der Waals surface area (Å²) in [5.74, 6) is -0.181. The monoisotopic (exact) mass is 222 g/mol. The molecule has 0 spiro atoms. The van der Waals surface area contributed by atoms with Crippen LogP contribution in [0.25, 0.3) is 0 Å². The quantitative estimate of drug-likeness (QED) is 0.666. The fraction of sp³-hybridized carbons (Fsp3) is 0.417. The molecule has 0 saturated heterocycles. The summed E-state index contributed by atoms with van der Waals surface area (Å²) >= 11 is 0. The minimum Gasteiger partial charge on any atom is -0.398 e. The van der Waals surface area contributed by atoms with Crippen LogP contribution in [0.1, 0.15) is 24.2 Å². The number of anilines is 1. The van der Waals surface area contributed by atoms with Crippen LogP contribution in [0, 0.1) is 5.92 Å². The highest BCUT2D eigenvalue weighted by Gasteiger charge is 2.16. The average Bonchev–Trinajstić information content (AvgIpc) is 2.28. The Hall–Kier alpha value is -1.55. The summed E-state index contributed by atoms with van der Waals surface area (Å²) in [5, 5.41) is 11.8. The van der Waals surface area contributed by atoms with Crippen molar-refractivity contribution < 1.29 is 9.90 Å². The van der Waals surface area contributed by atoms with E-state index in [1.807, 2.05) is 13.8 Å². The van der Waals surface area contributed by atoms with Gasteiger partial charge in [-0.15, -0.1) is 0 Å². The van der Waals surface area contributed by atoms with Crippen molar-refractivity contribution in [3.63, 3.8) is 0 Å². The number of hydrogen-bond acceptors (Lipinski definition) is 3. The standard InChI is InChI=1S/C12H18N2O2/c1-8(7-15)9(2)14-12(16)10-5-3-4-6-11(10)13/h3-6,8-9,15H,7,13H2,1-2H3,(H,14,16). The first-order valence-electron chi connectivity index (χ1n) is 5.32. The van der Waals surface area contributed by atoms with Crippen molar-refractivity contribution in [2.75, 3.05) is 12.3 Å². The third-order valence-electron chi connectivity index (χ3n) is 2.71. The predicted octanol–water partition coefficient (Wildman–Crippen LogP) is 1.02. The Morgan fingerprint density at radius 3 is 2.62 bits per heavy atom. The lowest BCUT2D eigenvalue weighted by Gasteiger charge is -2.19. The number of nitrogen functional groups attached to an aromatic ring is 1. The van der Waals surface area contributed by atoms with Crippen molar-refractivity contribution in [3.05, 3.63) is 29.8 Å². The van der Waals surface area contributed by atoms with Crippen LogP contribution < -0.4 is 11.1 Å². The molecule has 2 unspecified atom stereocenters. The van der Waals surface area contributed by atoms with Gasteiger partial charge in [0, 0.05) is 18.3 Å². The largest absolute Gasteiger partial charge is 0.398 e. The van der Waals surface area contributed by atoms with Gasteiger partial charge in [-0.1, -0.05) is 19.1 Å². The second-order valence-electron chi connectivity index (χ2n) is 4.01. The molecule has 1 amide bonds. The van der Waals surface area contributed by atoms with Gasteiger partial charge in [0.15, 0.2) is 0 Å². The number of hydrogen-bond donors (Lipinski definition) is 3. The zero-order valence-corrected chi connectivity index (χ0v) is 9.60. The van der Waals surface area contributed by atoms with Gasteiger partial charge >= 0.3 is 0 Å². The van der Waals surface area contributed by atoms with Gasteiger partial charge in [0.2, 0.25) is 0 Å². The molecule has 1 rings (SSSR count). The fourth-order valence-corrected chi connectivity index (χ4v) is 1.29. The molecule has 0 aliphatic carbocycles. The Kier molecular flexibility index (Phi) is 4.31. The van der Waals surface area contributed by atoms with Gasteiger partial charge in [-0.25, -0.2) is 0 Å². The second-order valence-corrected chi connectivity index (χ2v) is 4.01. The van der Waals surface area contributed by atoms with Gasteiger partial charge in [0.1, 0.15) is 0 Å². The van der Waals surface area contributed by atoms with Gasteiger partial charge in [-0.3, -0.25) is 4.79 Å². The van der Waals surface area contributed by atoms with Crippen LogP contribution in [-0.2, 0) is 0 Å². The van der Waals surface area contributed by atoms with E-state index >= 15 is 0 Å². The summed E-state index contributed by atoms with van der Waals surface area (Å²) in [6.45, 7) is 3.78. The molecule has 16 heavy (non-hydrogen) atoms. The Labute approximate surface area is 95.5 Å². The lowest BCUT2D eigenvalue weighted by atomic mass is 10.0. The summed E-state index contributed by atoms with van der Waals surface area (Å²) in [6, 6.07) is 6.84. The highest BCUT2D eigenvalue weighted by atomic mass is 16.3. The Morgan fingerprint density at radius 2 is 2.06 bits per heavy atom. The summed E-state index contributed by atoms with van der Waals surface area (Å²) in [7, 11) is 0. The number of benzene rings is 1. The highest BCUT2D eigenvalue weighted by molar-refractivity contribution is 5.99. The molecule has 88 valence electrons. The van der Waals surface area contributed by atoms with Crippen molar-refractivity contribution >= 4 is 11.6 Å². The summed E-state index contributed by atoms with van der Waals surface area (Å²) in [4.78, 5) is 11.8. The van der Waals surface area contributed by atoms with Gasteiger partial charge in [-0.2, -0.15) is 0 Å². The third-order valence-corrected chi connectivity index (χ3v) is 2.71. The normalized spacial score (nSPS) is 14.2. The molecule has 1 aromatic rings. The Balaban J connectivity index is 2.70. The zero-order valence-electron chi connectivity index (χ0n) is 9.60. The van der Waals surface area contributed by atoms with E-state index in [2.05, 4.69) is 5.32 Å². The first-order chi connectivity index (χ1) is 7.56. The first-order valence-corrected chi connectivity index (χ1v) is 5.32. The maximum atomic E-state index is 11.8. The third kappa shape index (κ3) is 2.97. The fourth-order valence-electron chi connectivity index (χ4n) is 1.29. The number of carbonyl (C=O) groups excluding carboxylic acids is 1. The zero-order chi connectivity index (χ0) is 12.1. The average molecular weight is 222 g/mol. The Morgan fingerprint density at radius 1 is 1.44 bits per heavy atom. The molecular weight excluding hydrogens is 204 g/mol. The van der Waals surface area contributed by atoms with Gasteiger partial charge in [0.25, 0.3) is 5.91 Å². The van der Waals surface area contributed by atoms with Gasteiger partial charge in [0.05, 0.1) is 5.56 Å². The minimum atomic E-state index is -0.203. The molecule has 0 fully saturated rings. The topological polar surface area (TPSA) is 75.3 Å². The van der Waals surface area contributed by atoms with E-state index in [-0.39, 0.29) is 24.5 Å². The van der Waals surface area contributed by atoms with Crippen molar-refractivity contribution in [1.82, 2.24) is 5.32 Å². The van der Waals surface area contributed by atoms with Gasteiger partial charge in [-0.05, 0) is 25.0 Å². The van der Waals surface area contributed by atoms with Crippen molar-refractivity contribution in [2.24, 2.45) is 5.92 Å². The number of aliphatic hydroxyl groups is 1. The number of amides is 1. The Bertz CT molecular complexity index is 366. The van der Waals surface area contributed by atoms with Crippen LogP contribution in [0.5, 0.6) is 0 Å². The van der Waals surface area contributed by atoms with Crippen LogP contribution in [0.4, 0.5) is 5.69 Å². The lowest BCUT2D eigenvalue weighted by molar-refractivity contribution is 0.0917. The molecule has 4 nitrogen and oxygen atoms in total. The molecule has 0 aliphatic rings. The minimum absolute atomic E-state index is 0.0221. The molecule has 2 atom stereocenters. The van der Waals surface area contributed by atoms with Crippen molar-refractivity contribution in [2.45, 2.75) is 19.9 Å². The van der Waals surface area contributed by atoms with E-state index in [4.69, 9.17) is 10.8 Å². The second kappa shape index (κ2) is 5.51. The maximum Gasteiger partial charge on any atom is 0.253 e. The summed E-state index contributed by atoms with van der Waals surface area (Å²) in [5.41, 5.74) is 6.63. The van der Waals surface area contributed by atoms with E-state index in [0.717, 1.165) is 0 Å². The molecule has 0 bridgehead atoms. The molecule has 0 saturated carbocycles. The number of carbonyl (C=O) groups is 1. The molecule has 4 heteroatoms. The number of nitrogens with one attached hydrogen (secondary N) is 1. The van der Waals surface area contributed by atoms with E-state index in [1.165, 1.54) is 0 Å². The number of nitrogens with two attached hydrogens (primary N) is 1. The van der Waals surface area contributed by atoms with Crippen molar-refractivity contribution in [1.29, 1.82) is 0 Å². The highest BCUT2D eigenvalue weighted by Crippen LogP contribution is 2.11. The van der Waals surface area contributed by atoms with E-state index in [0.29, 0.717) is 11.3 Å². The predicted molar refractivity (Wildman–Crippen MR) is 64.0 cm³/mol. The van der Waals surface area contributed by atoms with E-state index in [9.17, 15) is 4.79 Å². The molecule has 0 aromatic heterocycles. The smallest absolute Gasteiger partial charge is 0.253 e. The number of para-hydroxylation sites is 1. The molecule has 0 radical (unpaired) electrons. The van der Waals surface area contributed by atoms with Crippen LogP contribution in [-0.4, -0.2) is 23.7 Å². The van der Waals surface area contributed by atoms with E-state index in [1.54, 1.807) is 24.3 Å². The SMILES string of the molecule is CC(CO)C(C)NC(=O)c1ccccc1N. The van der Waals surface area contributed by atoms with Crippen LogP contribution in [0.3, 0.4) is 0 Å². The molecule has 1 aromatic carbocycles.